The summed E-state index contributed by atoms with van der Waals surface area (Å²) < 4.78 is 33.0. The molecule has 0 aliphatic rings. The van der Waals surface area contributed by atoms with Crippen molar-refractivity contribution in [1.82, 2.24) is 9.97 Å². The number of carbonyl (C=O) groups excluding carboxylic acids is 1. The Morgan fingerprint density at radius 2 is 1.61 bits per heavy atom. The number of H-pyrrole nitrogens is 2. The van der Waals surface area contributed by atoms with Crippen molar-refractivity contribution >= 4 is 38.3 Å². The third kappa shape index (κ3) is 4.43. The molecule has 1 aromatic heterocycles. The van der Waals surface area contributed by atoms with E-state index in [0.29, 0.717) is 28.2 Å². The van der Waals surface area contributed by atoms with E-state index in [-0.39, 0.29) is 16.1 Å². The highest BCUT2D eigenvalue weighted by atomic mass is 32.2. The minimum atomic E-state index is -3.90. The summed E-state index contributed by atoms with van der Waals surface area (Å²) in [6.45, 7) is 0. The molecule has 0 aliphatic carbocycles. The van der Waals surface area contributed by atoms with Crippen LogP contribution in [0.5, 0.6) is 5.75 Å². The van der Waals surface area contributed by atoms with Crippen molar-refractivity contribution in [2.24, 2.45) is 0 Å². The van der Waals surface area contributed by atoms with Crippen molar-refractivity contribution in [3.8, 4) is 5.75 Å². The summed E-state index contributed by atoms with van der Waals surface area (Å²) in [6.07, 6.45) is 0. The van der Waals surface area contributed by atoms with Crippen molar-refractivity contribution in [3.05, 3.63) is 82.8 Å². The summed E-state index contributed by atoms with van der Waals surface area (Å²) in [6, 6.07) is 17.0. The molecule has 0 fully saturated rings. The lowest BCUT2D eigenvalue weighted by atomic mass is 10.2. The Bertz CT molecular complexity index is 1420. The van der Waals surface area contributed by atoms with Crippen LogP contribution in [0.3, 0.4) is 0 Å². The average molecular weight is 438 g/mol. The van der Waals surface area contributed by atoms with Crippen LogP contribution >= 0.6 is 0 Å². The van der Waals surface area contributed by atoms with Crippen LogP contribution in [0.4, 0.5) is 11.4 Å². The van der Waals surface area contributed by atoms with Crippen molar-refractivity contribution < 1.29 is 17.9 Å². The maximum Gasteiger partial charge on any atom is 0.323 e. The second-order valence-electron chi connectivity index (χ2n) is 6.66. The van der Waals surface area contributed by atoms with Crippen LogP contribution < -0.4 is 20.5 Å². The van der Waals surface area contributed by atoms with Crippen LogP contribution in [-0.4, -0.2) is 31.4 Å². The number of hydrogen-bond acceptors (Lipinski definition) is 5. The van der Waals surface area contributed by atoms with Gasteiger partial charge in [0.25, 0.3) is 15.9 Å². The fourth-order valence-corrected chi connectivity index (χ4v) is 4.10. The topological polar surface area (TPSA) is 133 Å². The molecule has 0 unspecified atom stereocenters. The third-order valence-corrected chi connectivity index (χ3v) is 5.90. The van der Waals surface area contributed by atoms with Crippen LogP contribution in [0, 0.1) is 0 Å². The van der Waals surface area contributed by atoms with Crippen molar-refractivity contribution in [2.45, 2.75) is 4.90 Å². The van der Waals surface area contributed by atoms with E-state index >= 15 is 0 Å². The highest BCUT2D eigenvalue weighted by molar-refractivity contribution is 7.92. The Kier molecular flexibility index (Phi) is 5.22. The number of imidazole rings is 1. The second kappa shape index (κ2) is 8.00. The van der Waals surface area contributed by atoms with Gasteiger partial charge in [-0.15, -0.1) is 0 Å². The van der Waals surface area contributed by atoms with E-state index in [9.17, 15) is 18.0 Å². The number of benzene rings is 3. The number of sulfonamides is 1. The fourth-order valence-electron chi connectivity index (χ4n) is 2.99. The van der Waals surface area contributed by atoms with E-state index in [1.807, 2.05) is 0 Å². The summed E-state index contributed by atoms with van der Waals surface area (Å²) >= 11 is 0. The molecule has 10 heteroatoms. The van der Waals surface area contributed by atoms with Gasteiger partial charge in [-0.1, -0.05) is 6.07 Å². The van der Waals surface area contributed by atoms with Gasteiger partial charge in [-0.25, -0.2) is 13.2 Å². The summed E-state index contributed by atoms with van der Waals surface area (Å²) in [7, 11) is -2.38. The standard InChI is InChI=1S/C21H18N4O5S/c1-30-16-8-5-14(6-9-16)25-31(28,29)17-4-2-3-13(11-17)20(26)22-15-7-10-18-19(12-15)24-21(27)23-18/h2-12,25H,1H3,(H,22,26)(H2,23,24,27). The maximum atomic E-state index is 12.7. The van der Waals surface area contributed by atoms with E-state index in [0.717, 1.165) is 0 Å². The molecule has 31 heavy (non-hydrogen) atoms. The summed E-state index contributed by atoms with van der Waals surface area (Å²) in [4.78, 5) is 29.2. The first-order valence-corrected chi connectivity index (χ1v) is 10.6. The van der Waals surface area contributed by atoms with E-state index in [1.54, 1.807) is 42.5 Å². The van der Waals surface area contributed by atoms with E-state index in [4.69, 9.17) is 4.74 Å². The molecule has 0 radical (unpaired) electrons. The molecule has 0 saturated carbocycles. The number of anilines is 2. The van der Waals surface area contributed by atoms with Gasteiger partial charge in [0, 0.05) is 16.9 Å². The van der Waals surface area contributed by atoms with Crippen molar-refractivity contribution in [1.29, 1.82) is 0 Å². The molecular formula is C21H18N4O5S. The Labute approximate surface area is 177 Å². The number of amides is 1. The Hall–Kier alpha value is -4.05. The number of nitrogens with one attached hydrogen (secondary N) is 4. The summed E-state index contributed by atoms with van der Waals surface area (Å²) in [5.41, 5.74) is 1.80. The van der Waals surface area contributed by atoms with E-state index < -0.39 is 15.9 Å². The van der Waals surface area contributed by atoms with Gasteiger partial charge < -0.3 is 20.0 Å². The normalized spacial score (nSPS) is 11.3. The molecule has 158 valence electrons. The quantitative estimate of drug-likeness (QED) is 0.367. The number of rotatable bonds is 6. The first kappa shape index (κ1) is 20.2. The van der Waals surface area contributed by atoms with E-state index in [2.05, 4.69) is 20.0 Å². The average Bonchev–Trinajstić information content (AvgIpc) is 3.13. The Morgan fingerprint density at radius 3 is 2.35 bits per heavy atom. The molecule has 0 spiro atoms. The predicted molar refractivity (Wildman–Crippen MR) is 117 cm³/mol. The lowest BCUT2D eigenvalue weighted by Crippen LogP contribution is -2.16. The summed E-state index contributed by atoms with van der Waals surface area (Å²) in [5.74, 6) is 0.113. The third-order valence-electron chi connectivity index (χ3n) is 4.52. The molecule has 4 N–H and O–H groups in total. The van der Waals surface area contributed by atoms with Gasteiger partial charge in [-0.2, -0.15) is 0 Å². The zero-order valence-electron chi connectivity index (χ0n) is 16.3. The molecule has 4 aromatic rings. The van der Waals surface area contributed by atoms with Gasteiger partial charge in [0.2, 0.25) is 0 Å². The minimum absolute atomic E-state index is 0.0543. The van der Waals surface area contributed by atoms with Crippen molar-refractivity contribution in [2.75, 3.05) is 17.1 Å². The lowest BCUT2D eigenvalue weighted by molar-refractivity contribution is 0.102. The highest BCUT2D eigenvalue weighted by Gasteiger charge is 2.17. The molecule has 1 heterocycles. The van der Waals surface area contributed by atoms with Gasteiger partial charge in [0.05, 0.1) is 23.0 Å². The molecule has 1 amide bonds. The zero-order chi connectivity index (χ0) is 22.0. The smallest absolute Gasteiger partial charge is 0.323 e. The highest BCUT2D eigenvalue weighted by Crippen LogP contribution is 2.21. The number of hydrogen-bond donors (Lipinski definition) is 4. The Morgan fingerprint density at radius 1 is 0.903 bits per heavy atom. The van der Waals surface area contributed by atoms with Gasteiger partial charge in [-0.3, -0.25) is 9.52 Å². The number of aromatic nitrogens is 2. The number of fused-ring (bicyclic) bond motifs is 1. The SMILES string of the molecule is COc1ccc(NS(=O)(=O)c2cccc(C(=O)Nc3ccc4[nH]c(=O)[nH]c4c3)c2)cc1. The molecule has 0 aliphatic heterocycles. The first-order chi connectivity index (χ1) is 14.8. The van der Waals surface area contributed by atoms with E-state index in [1.165, 1.54) is 31.4 Å². The molecule has 4 rings (SSSR count). The minimum Gasteiger partial charge on any atom is -0.497 e. The van der Waals surface area contributed by atoms with Crippen LogP contribution in [0.1, 0.15) is 10.4 Å². The molecule has 9 nitrogen and oxygen atoms in total. The Balaban J connectivity index is 1.54. The lowest BCUT2D eigenvalue weighted by Gasteiger charge is -2.10. The van der Waals surface area contributed by atoms with Crippen molar-refractivity contribution in [3.63, 3.8) is 0 Å². The molecule has 0 bridgehead atoms. The second-order valence-corrected chi connectivity index (χ2v) is 8.34. The molecule has 0 atom stereocenters. The number of carbonyl (C=O) groups is 1. The zero-order valence-corrected chi connectivity index (χ0v) is 17.1. The van der Waals surface area contributed by atoms with Gasteiger partial charge in [0.15, 0.2) is 0 Å². The van der Waals surface area contributed by atoms with Gasteiger partial charge in [-0.05, 0) is 60.7 Å². The van der Waals surface area contributed by atoms with Gasteiger partial charge in [0.1, 0.15) is 5.75 Å². The number of methoxy groups -OCH3 is 1. The largest absolute Gasteiger partial charge is 0.497 e. The van der Waals surface area contributed by atoms with Crippen LogP contribution in [0.15, 0.2) is 76.4 Å². The molecular weight excluding hydrogens is 420 g/mol. The maximum absolute atomic E-state index is 12.7. The van der Waals surface area contributed by atoms with Crippen LogP contribution in [0.2, 0.25) is 0 Å². The number of aromatic amines is 2. The fraction of sp³-hybridized carbons (Fsp3) is 0.0476. The predicted octanol–water partition coefficient (Wildman–Crippen LogP) is 2.92. The molecule has 3 aromatic carbocycles. The van der Waals surface area contributed by atoms with Crippen LogP contribution in [-0.2, 0) is 10.0 Å². The molecule has 0 saturated heterocycles. The summed E-state index contributed by atoms with van der Waals surface area (Å²) in [5, 5.41) is 2.70. The number of ether oxygens (including phenoxy) is 1. The van der Waals surface area contributed by atoms with Gasteiger partial charge >= 0.3 is 5.69 Å². The first-order valence-electron chi connectivity index (χ1n) is 9.14. The monoisotopic (exact) mass is 438 g/mol. The van der Waals surface area contributed by atoms with Crippen LogP contribution in [0.25, 0.3) is 11.0 Å².